The molecule has 2 amide bonds. The lowest BCUT2D eigenvalue weighted by molar-refractivity contribution is -0.121. The number of rotatable bonds is 8. The maximum atomic E-state index is 12.4. The van der Waals surface area contributed by atoms with Crippen LogP contribution in [0.25, 0.3) is 11.1 Å². The monoisotopic (exact) mass is 479 g/mol. The van der Waals surface area contributed by atoms with Crippen molar-refractivity contribution >= 4 is 29.3 Å². The van der Waals surface area contributed by atoms with Crippen molar-refractivity contribution in [3.05, 3.63) is 75.2 Å². The van der Waals surface area contributed by atoms with E-state index in [0.717, 1.165) is 22.3 Å². The number of carbonyl (C=O) groups excluding carboxylic acids is 2. The lowest BCUT2D eigenvalue weighted by Gasteiger charge is -2.17. The summed E-state index contributed by atoms with van der Waals surface area (Å²) in [5.41, 5.74) is 4.57. The van der Waals surface area contributed by atoms with Crippen LogP contribution >= 0.6 is 11.3 Å². The first kappa shape index (κ1) is 23.4. The Hall–Kier alpha value is -3.72. The number of amides is 2. The fourth-order valence-corrected chi connectivity index (χ4v) is 5.01. The van der Waals surface area contributed by atoms with Gasteiger partial charge in [0.15, 0.2) is 5.69 Å². The first-order valence-corrected chi connectivity index (χ1v) is 11.7. The lowest BCUT2D eigenvalue weighted by Crippen LogP contribution is -2.37. The minimum absolute atomic E-state index is 0.000427. The second-order valence-electron chi connectivity index (χ2n) is 8.17. The van der Waals surface area contributed by atoms with Crippen molar-refractivity contribution in [1.29, 1.82) is 0 Å². The van der Waals surface area contributed by atoms with Crippen molar-refractivity contribution in [2.45, 2.75) is 38.8 Å². The van der Waals surface area contributed by atoms with Crippen LogP contribution < -0.4 is 10.6 Å². The highest BCUT2D eigenvalue weighted by molar-refractivity contribution is 7.11. The molecule has 9 heteroatoms. The molecule has 1 heterocycles. The molecule has 0 unspecified atom stereocenters. The third-order valence-electron chi connectivity index (χ3n) is 5.68. The summed E-state index contributed by atoms with van der Waals surface area (Å²) in [5, 5.41) is 15.0. The predicted octanol–water partition coefficient (Wildman–Crippen LogP) is 4.08. The first-order valence-electron chi connectivity index (χ1n) is 10.9. The summed E-state index contributed by atoms with van der Waals surface area (Å²) >= 11 is 1.23. The fourth-order valence-electron chi connectivity index (χ4n) is 4.14. The molecular weight excluding hydrogens is 454 g/mol. The molecule has 1 aromatic heterocycles. The van der Waals surface area contributed by atoms with Gasteiger partial charge in [-0.2, -0.15) is 0 Å². The third-order valence-corrected chi connectivity index (χ3v) is 6.65. The number of aromatic nitrogens is 1. The van der Waals surface area contributed by atoms with E-state index in [9.17, 15) is 14.4 Å². The summed E-state index contributed by atoms with van der Waals surface area (Å²) in [4.78, 5) is 40.3. The number of fused-ring (bicyclic) bond motifs is 3. The number of aryl methyl sites for hydroxylation is 1. The molecule has 4 rings (SSSR count). The van der Waals surface area contributed by atoms with Crippen molar-refractivity contribution in [1.82, 2.24) is 15.6 Å². The number of hydrogen-bond donors (Lipinski definition) is 3. The van der Waals surface area contributed by atoms with Gasteiger partial charge in [0.25, 0.3) is 0 Å². The summed E-state index contributed by atoms with van der Waals surface area (Å²) in [6.07, 6.45) is -0.524. The van der Waals surface area contributed by atoms with Crippen molar-refractivity contribution in [2.75, 3.05) is 6.61 Å². The van der Waals surface area contributed by atoms with Gasteiger partial charge >= 0.3 is 12.1 Å². The Bertz CT molecular complexity index is 1190. The van der Waals surface area contributed by atoms with E-state index >= 15 is 0 Å². The molecule has 0 radical (unpaired) electrons. The molecule has 0 spiro atoms. The molecule has 176 valence electrons. The van der Waals surface area contributed by atoms with E-state index in [1.165, 1.54) is 11.3 Å². The number of nitrogens with one attached hydrogen (secondary N) is 2. The van der Waals surface area contributed by atoms with Crippen LogP contribution in [0.15, 0.2) is 48.5 Å². The molecule has 0 aliphatic heterocycles. The zero-order valence-electron chi connectivity index (χ0n) is 18.8. The minimum atomic E-state index is -1.09. The standard InChI is InChI=1S/C25H25N3O5S/c1-14(11-21(29)26-12-22-28-23(24(30)31)15(2)34-22)27-25(32)33-13-20-18-9-5-3-7-16(18)17-8-4-6-10-19(17)20/h3-10,14,20H,11-13H2,1-2H3,(H,26,29)(H,27,32)(H,30,31)/t14-/m1/s1. The lowest BCUT2D eigenvalue weighted by atomic mass is 9.98. The number of benzene rings is 2. The zero-order valence-corrected chi connectivity index (χ0v) is 19.6. The average molecular weight is 480 g/mol. The van der Waals surface area contributed by atoms with E-state index in [1.54, 1.807) is 13.8 Å². The summed E-state index contributed by atoms with van der Waals surface area (Å²) in [6.45, 7) is 3.73. The predicted molar refractivity (Wildman–Crippen MR) is 128 cm³/mol. The number of aromatic carboxylic acids is 1. The van der Waals surface area contributed by atoms with Gasteiger partial charge in [0.1, 0.15) is 11.6 Å². The Labute approximate surface area is 201 Å². The average Bonchev–Trinajstić information content (AvgIpc) is 3.34. The second kappa shape index (κ2) is 10.0. The number of carbonyl (C=O) groups is 3. The normalized spacial score (nSPS) is 13.0. The molecule has 0 saturated carbocycles. The van der Waals surface area contributed by atoms with Crippen molar-refractivity contribution in [3.63, 3.8) is 0 Å². The van der Waals surface area contributed by atoms with Crippen LogP contribution in [0.3, 0.4) is 0 Å². The molecular formula is C25H25N3O5S. The van der Waals surface area contributed by atoms with E-state index in [-0.39, 0.29) is 37.1 Å². The Morgan fingerprint density at radius 2 is 1.71 bits per heavy atom. The van der Waals surface area contributed by atoms with Crippen LogP contribution in [0.1, 0.15) is 50.8 Å². The number of alkyl carbamates (subject to hydrolysis) is 1. The number of carboxylic acid groups (broad SMARTS) is 1. The van der Waals surface area contributed by atoms with Crippen molar-refractivity contribution < 1.29 is 24.2 Å². The number of thiazole rings is 1. The van der Waals surface area contributed by atoms with E-state index in [2.05, 4.69) is 39.9 Å². The number of carboxylic acids is 1. The summed E-state index contributed by atoms with van der Waals surface area (Å²) < 4.78 is 5.51. The van der Waals surface area contributed by atoms with Gasteiger partial charge in [0.05, 0.1) is 6.54 Å². The molecule has 34 heavy (non-hydrogen) atoms. The molecule has 3 N–H and O–H groups in total. The SMILES string of the molecule is Cc1sc(CNC(=O)C[C@@H](C)NC(=O)OCC2c3ccccc3-c3ccccc32)nc1C(=O)O. The topological polar surface area (TPSA) is 118 Å². The van der Waals surface area contributed by atoms with E-state index < -0.39 is 18.1 Å². The van der Waals surface area contributed by atoms with Gasteiger partial charge in [-0.3, -0.25) is 4.79 Å². The molecule has 0 saturated heterocycles. The van der Waals surface area contributed by atoms with Gasteiger partial charge < -0.3 is 20.5 Å². The van der Waals surface area contributed by atoms with Crippen LogP contribution in [0.2, 0.25) is 0 Å². The molecule has 2 aromatic carbocycles. The molecule has 1 atom stereocenters. The second-order valence-corrected chi connectivity index (χ2v) is 9.46. The third kappa shape index (κ3) is 5.09. The Kier molecular flexibility index (Phi) is 6.93. The fraction of sp³-hybridized carbons (Fsp3) is 0.280. The van der Waals surface area contributed by atoms with Crippen LogP contribution in [-0.4, -0.2) is 40.7 Å². The zero-order chi connectivity index (χ0) is 24.2. The van der Waals surface area contributed by atoms with Crippen LogP contribution in [0.5, 0.6) is 0 Å². The Morgan fingerprint density at radius 1 is 1.09 bits per heavy atom. The van der Waals surface area contributed by atoms with Crippen molar-refractivity contribution in [2.24, 2.45) is 0 Å². The molecule has 3 aromatic rings. The Morgan fingerprint density at radius 3 is 2.29 bits per heavy atom. The van der Waals surface area contributed by atoms with Gasteiger partial charge in [-0.1, -0.05) is 48.5 Å². The van der Waals surface area contributed by atoms with Gasteiger partial charge in [-0.15, -0.1) is 11.3 Å². The molecule has 0 fully saturated rings. The highest BCUT2D eigenvalue weighted by atomic mass is 32.1. The largest absolute Gasteiger partial charge is 0.476 e. The highest BCUT2D eigenvalue weighted by Gasteiger charge is 2.29. The highest BCUT2D eigenvalue weighted by Crippen LogP contribution is 2.44. The number of nitrogens with zero attached hydrogens (tertiary/aromatic N) is 1. The molecule has 8 nitrogen and oxygen atoms in total. The summed E-state index contributed by atoms with van der Waals surface area (Å²) in [5.74, 6) is -1.40. The van der Waals surface area contributed by atoms with Crippen LogP contribution in [0, 0.1) is 6.92 Å². The van der Waals surface area contributed by atoms with E-state index in [4.69, 9.17) is 9.84 Å². The number of ether oxygens (including phenoxy) is 1. The van der Waals surface area contributed by atoms with Gasteiger partial charge in [-0.05, 0) is 36.1 Å². The molecule has 0 bridgehead atoms. The maximum Gasteiger partial charge on any atom is 0.407 e. The van der Waals surface area contributed by atoms with E-state index in [1.807, 2.05) is 24.3 Å². The van der Waals surface area contributed by atoms with Gasteiger partial charge in [-0.25, -0.2) is 14.6 Å². The minimum Gasteiger partial charge on any atom is -0.476 e. The summed E-state index contributed by atoms with van der Waals surface area (Å²) in [7, 11) is 0. The quantitative estimate of drug-likeness (QED) is 0.448. The Balaban J connectivity index is 1.25. The summed E-state index contributed by atoms with van der Waals surface area (Å²) in [6, 6.07) is 15.8. The van der Waals surface area contributed by atoms with Crippen molar-refractivity contribution in [3.8, 4) is 11.1 Å². The van der Waals surface area contributed by atoms with Gasteiger partial charge in [0.2, 0.25) is 5.91 Å². The van der Waals surface area contributed by atoms with Crippen LogP contribution in [0.4, 0.5) is 4.79 Å². The smallest absolute Gasteiger partial charge is 0.407 e. The molecule has 1 aliphatic rings. The first-order chi connectivity index (χ1) is 16.3. The van der Waals surface area contributed by atoms with Gasteiger partial charge in [0, 0.05) is 23.3 Å². The molecule has 1 aliphatic carbocycles. The van der Waals surface area contributed by atoms with E-state index in [0.29, 0.717) is 9.88 Å². The van der Waals surface area contributed by atoms with Crippen LogP contribution in [-0.2, 0) is 16.1 Å². The maximum absolute atomic E-state index is 12.4. The number of hydrogen-bond acceptors (Lipinski definition) is 6.